The maximum atomic E-state index is 13.8. The maximum absolute atomic E-state index is 13.8. The van der Waals surface area contributed by atoms with Gasteiger partial charge in [0.1, 0.15) is 5.82 Å². The van der Waals surface area contributed by atoms with Crippen LogP contribution in [-0.4, -0.2) is 9.97 Å². The lowest BCUT2D eigenvalue weighted by Gasteiger charge is -1.98. The van der Waals surface area contributed by atoms with E-state index in [4.69, 9.17) is 10.2 Å². The lowest BCUT2D eigenvalue weighted by Crippen LogP contribution is -2.04. The van der Waals surface area contributed by atoms with Crippen LogP contribution in [0.5, 0.6) is 0 Å². The molecular formula is C13H12FN3O. The second-order valence-corrected chi connectivity index (χ2v) is 4.22. The number of nitrogens with two attached hydrogens (primary N) is 1. The first-order valence-electron chi connectivity index (χ1n) is 5.64. The topological polar surface area (TPSA) is 67.8 Å². The first-order chi connectivity index (χ1) is 8.66. The number of rotatable bonds is 2. The number of H-pyrrole nitrogens is 1. The summed E-state index contributed by atoms with van der Waals surface area (Å²) in [5, 5.41) is 0.505. The number of aromatic amines is 1. The van der Waals surface area contributed by atoms with Gasteiger partial charge in [-0.05, 0) is 19.1 Å². The van der Waals surface area contributed by atoms with E-state index < -0.39 is 0 Å². The fourth-order valence-electron chi connectivity index (χ4n) is 1.96. The Hall–Kier alpha value is -2.14. The van der Waals surface area contributed by atoms with Gasteiger partial charge in [0.25, 0.3) is 0 Å². The van der Waals surface area contributed by atoms with Crippen molar-refractivity contribution in [3.63, 3.8) is 0 Å². The Labute approximate surface area is 103 Å². The molecule has 3 aromatic rings. The molecule has 3 N–H and O–H groups in total. The summed E-state index contributed by atoms with van der Waals surface area (Å²) >= 11 is 0. The zero-order valence-corrected chi connectivity index (χ0v) is 9.77. The van der Waals surface area contributed by atoms with E-state index in [0.717, 1.165) is 5.52 Å². The Morgan fingerprint density at radius 2 is 2.28 bits per heavy atom. The molecule has 4 nitrogen and oxygen atoms in total. The molecule has 0 aliphatic carbocycles. The fraction of sp³-hybridized carbons (Fsp3) is 0.154. The molecule has 0 fully saturated rings. The van der Waals surface area contributed by atoms with Crippen molar-refractivity contribution in [2.45, 2.75) is 13.0 Å². The number of benzene rings is 1. The van der Waals surface area contributed by atoms with Crippen molar-refractivity contribution in [2.75, 3.05) is 0 Å². The number of aromatic nitrogens is 2. The van der Waals surface area contributed by atoms with Crippen LogP contribution in [0.3, 0.4) is 0 Å². The van der Waals surface area contributed by atoms with Gasteiger partial charge in [-0.1, -0.05) is 6.07 Å². The third-order valence-electron chi connectivity index (χ3n) is 2.83. The van der Waals surface area contributed by atoms with Gasteiger partial charge >= 0.3 is 0 Å². The number of hydrogen-bond donors (Lipinski definition) is 2. The average Bonchev–Trinajstić information content (AvgIpc) is 2.94. The molecule has 0 unspecified atom stereocenters. The first-order valence-corrected chi connectivity index (χ1v) is 5.64. The number of fused-ring (bicyclic) bond motifs is 1. The maximum Gasteiger partial charge on any atom is 0.211 e. The molecule has 1 aromatic carbocycles. The second-order valence-electron chi connectivity index (χ2n) is 4.22. The highest BCUT2D eigenvalue weighted by atomic mass is 19.1. The molecule has 1 atom stereocenters. The number of oxazole rings is 1. The van der Waals surface area contributed by atoms with Gasteiger partial charge in [-0.2, -0.15) is 0 Å². The van der Waals surface area contributed by atoms with Crippen molar-refractivity contribution in [2.24, 2.45) is 5.73 Å². The minimum absolute atomic E-state index is 0.284. The molecule has 2 heterocycles. The highest BCUT2D eigenvalue weighted by Gasteiger charge is 2.15. The van der Waals surface area contributed by atoms with Gasteiger partial charge in [0.2, 0.25) is 5.89 Å². The molecule has 0 amide bonds. The summed E-state index contributed by atoms with van der Waals surface area (Å²) in [6, 6.07) is 4.60. The third-order valence-corrected chi connectivity index (χ3v) is 2.83. The average molecular weight is 245 g/mol. The quantitative estimate of drug-likeness (QED) is 0.729. The molecule has 0 radical (unpaired) electrons. The van der Waals surface area contributed by atoms with Crippen LogP contribution in [0, 0.1) is 5.82 Å². The van der Waals surface area contributed by atoms with Gasteiger partial charge in [0, 0.05) is 22.7 Å². The number of halogens is 1. The van der Waals surface area contributed by atoms with Gasteiger partial charge < -0.3 is 15.1 Å². The number of nitrogens with one attached hydrogen (secondary N) is 1. The van der Waals surface area contributed by atoms with E-state index >= 15 is 0 Å². The monoisotopic (exact) mass is 245 g/mol. The SMILES string of the molecule is C[C@H](N)c1ncc(-c2c[nH]c3cccc(F)c23)o1. The molecule has 3 rings (SSSR count). The van der Waals surface area contributed by atoms with Crippen LogP contribution in [0.25, 0.3) is 22.2 Å². The molecule has 0 saturated heterocycles. The van der Waals surface area contributed by atoms with E-state index in [1.807, 2.05) is 6.07 Å². The Bertz CT molecular complexity index is 699. The van der Waals surface area contributed by atoms with Crippen molar-refractivity contribution in [3.8, 4) is 11.3 Å². The minimum atomic E-state index is -0.289. The molecule has 18 heavy (non-hydrogen) atoms. The largest absolute Gasteiger partial charge is 0.439 e. The lowest BCUT2D eigenvalue weighted by atomic mass is 10.1. The van der Waals surface area contributed by atoms with E-state index in [1.54, 1.807) is 25.4 Å². The van der Waals surface area contributed by atoms with Crippen LogP contribution in [-0.2, 0) is 0 Å². The second kappa shape index (κ2) is 3.96. The summed E-state index contributed by atoms with van der Waals surface area (Å²) in [7, 11) is 0. The smallest absolute Gasteiger partial charge is 0.211 e. The molecule has 0 aliphatic rings. The van der Waals surface area contributed by atoms with E-state index in [1.165, 1.54) is 6.07 Å². The Kier molecular flexibility index (Phi) is 2.41. The van der Waals surface area contributed by atoms with Crippen LogP contribution < -0.4 is 5.73 Å². The van der Waals surface area contributed by atoms with Crippen LogP contribution in [0.2, 0.25) is 0 Å². The van der Waals surface area contributed by atoms with E-state index in [0.29, 0.717) is 22.6 Å². The number of hydrogen-bond acceptors (Lipinski definition) is 3. The van der Waals surface area contributed by atoms with Crippen molar-refractivity contribution >= 4 is 10.9 Å². The molecule has 0 spiro atoms. The Morgan fingerprint density at radius 3 is 3.00 bits per heavy atom. The molecule has 2 aromatic heterocycles. The molecule has 0 bridgehead atoms. The summed E-state index contributed by atoms with van der Waals surface area (Å²) in [6.07, 6.45) is 3.27. The fourth-order valence-corrected chi connectivity index (χ4v) is 1.96. The highest BCUT2D eigenvalue weighted by Crippen LogP contribution is 2.31. The van der Waals surface area contributed by atoms with Gasteiger partial charge in [-0.15, -0.1) is 0 Å². The molecule has 0 aliphatic heterocycles. The lowest BCUT2D eigenvalue weighted by molar-refractivity contribution is 0.474. The van der Waals surface area contributed by atoms with Gasteiger partial charge in [0.15, 0.2) is 5.76 Å². The predicted molar refractivity (Wildman–Crippen MR) is 66.4 cm³/mol. The zero-order valence-electron chi connectivity index (χ0n) is 9.77. The standard InChI is InChI=1S/C13H12FN3O/c1-7(15)13-17-6-11(18-13)8-5-16-10-4-2-3-9(14)12(8)10/h2-7,16H,15H2,1H3/t7-/m0/s1. The minimum Gasteiger partial charge on any atom is -0.439 e. The summed E-state index contributed by atoms with van der Waals surface area (Å²) in [4.78, 5) is 7.09. The Morgan fingerprint density at radius 1 is 1.44 bits per heavy atom. The van der Waals surface area contributed by atoms with Crippen molar-refractivity contribution in [3.05, 3.63) is 42.3 Å². The van der Waals surface area contributed by atoms with Crippen LogP contribution in [0.15, 0.2) is 35.0 Å². The van der Waals surface area contributed by atoms with E-state index in [-0.39, 0.29) is 11.9 Å². The zero-order chi connectivity index (χ0) is 12.7. The van der Waals surface area contributed by atoms with Crippen LogP contribution in [0.1, 0.15) is 18.9 Å². The van der Waals surface area contributed by atoms with Gasteiger partial charge in [-0.3, -0.25) is 0 Å². The van der Waals surface area contributed by atoms with Crippen molar-refractivity contribution in [1.29, 1.82) is 0 Å². The van der Waals surface area contributed by atoms with Crippen molar-refractivity contribution < 1.29 is 8.81 Å². The van der Waals surface area contributed by atoms with E-state index in [2.05, 4.69) is 9.97 Å². The molecular weight excluding hydrogens is 233 g/mol. The van der Waals surface area contributed by atoms with Crippen LogP contribution in [0.4, 0.5) is 4.39 Å². The first kappa shape index (κ1) is 11.0. The summed E-state index contributed by atoms with van der Waals surface area (Å²) in [5.74, 6) is 0.664. The summed E-state index contributed by atoms with van der Waals surface area (Å²) in [6.45, 7) is 1.78. The van der Waals surface area contributed by atoms with Gasteiger partial charge in [-0.25, -0.2) is 9.37 Å². The highest BCUT2D eigenvalue weighted by molar-refractivity contribution is 5.94. The molecule has 92 valence electrons. The normalized spacial score (nSPS) is 13.1. The Balaban J connectivity index is 2.19. The van der Waals surface area contributed by atoms with Crippen LogP contribution >= 0.6 is 0 Å². The number of nitrogens with zero attached hydrogens (tertiary/aromatic N) is 1. The third kappa shape index (κ3) is 1.60. The summed E-state index contributed by atoms with van der Waals surface area (Å²) < 4.78 is 19.4. The molecule has 0 saturated carbocycles. The van der Waals surface area contributed by atoms with Crippen molar-refractivity contribution in [1.82, 2.24) is 9.97 Å². The predicted octanol–water partition coefficient (Wildman–Crippen LogP) is 2.98. The van der Waals surface area contributed by atoms with Gasteiger partial charge in [0.05, 0.1) is 12.2 Å². The molecule has 5 heteroatoms. The van der Waals surface area contributed by atoms with E-state index in [9.17, 15) is 4.39 Å². The summed E-state index contributed by atoms with van der Waals surface area (Å²) in [5.41, 5.74) is 7.07.